The van der Waals surface area contributed by atoms with Crippen LogP contribution in [0.2, 0.25) is 10.0 Å². The number of halogens is 3. The van der Waals surface area contributed by atoms with Gasteiger partial charge in [0.2, 0.25) is 5.91 Å². The maximum Gasteiger partial charge on any atom is 0.234 e. The van der Waals surface area contributed by atoms with Crippen LogP contribution in [-0.4, -0.2) is 25.9 Å². The van der Waals surface area contributed by atoms with Crippen LogP contribution >= 0.6 is 35.0 Å². The van der Waals surface area contributed by atoms with Crippen LogP contribution in [0.25, 0.3) is 0 Å². The molecule has 0 spiro atoms. The van der Waals surface area contributed by atoms with Crippen molar-refractivity contribution in [1.29, 1.82) is 0 Å². The second-order valence-corrected chi connectivity index (χ2v) is 6.79. The number of thioether (sulfide) groups is 1. The monoisotopic (exact) mass is 403 g/mol. The second-order valence-electron chi connectivity index (χ2n) is 4.96. The maximum atomic E-state index is 13.7. The zero-order valence-electron chi connectivity index (χ0n) is 13.6. The molecule has 0 radical (unpaired) electrons. The van der Waals surface area contributed by atoms with Gasteiger partial charge in [0, 0.05) is 22.9 Å². The van der Waals surface area contributed by atoms with Crippen molar-refractivity contribution >= 4 is 46.6 Å². The first-order valence-corrected chi connectivity index (χ1v) is 9.08. The molecule has 2 rings (SSSR count). The summed E-state index contributed by atoms with van der Waals surface area (Å²) in [5.74, 6) is 0.723. The van der Waals surface area contributed by atoms with Crippen LogP contribution in [0.5, 0.6) is 11.5 Å². The van der Waals surface area contributed by atoms with E-state index in [2.05, 4.69) is 5.32 Å². The predicted octanol–water partition coefficient (Wildman–Crippen LogP) is 5.02. The number of hydrogen-bond donors (Lipinski definition) is 1. The first kappa shape index (κ1) is 19.7. The Morgan fingerprint density at radius 1 is 1.16 bits per heavy atom. The van der Waals surface area contributed by atoms with Gasteiger partial charge in [-0.1, -0.05) is 29.3 Å². The standard InChI is InChI=1S/C17H16Cl2FNO3S/c1-23-15-7-14(16(24-2)6-12(15)19)21-17(22)9-25-8-10-3-4-11(18)5-13(10)20/h3-7H,8-9H2,1-2H3,(H,21,22). The van der Waals surface area contributed by atoms with E-state index in [0.717, 1.165) is 0 Å². The summed E-state index contributed by atoms with van der Waals surface area (Å²) in [6.07, 6.45) is 0. The van der Waals surface area contributed by atoms with Crippen molar-refractivity contribution in [2.45, 2.75) is 5.75 Å². The first-order chi connectivity index (χ1) is 11.9. The molecular formula is C17H16Cl2FNO3S. The SMILES string of the molecule is COc1cc(NC(=O)CSCc2ccc(Cl)cc2F)c(OC)cc1Cl. The number of benzene rings is 2. The number of anilines is 1. The molecule has 0 aromatic heterocycles. The molecule has 0 atom stereocenters. The fourth-order valence-corrected chi connectivity index (χ4v) is 3.24. The van der Waals surface area contributed by atoms with Gasteiger partial charge in [-0.05, 0) is 17.7 Å². The van der Waals surface area contributed by atoms with Gasteiger partial charge in [0.1, 0.15) is 17.3 Å². The van der Waals surface area contributed by atoms with Crippen LogP contribution in [0.1, 0.15) is 5.56 Å². The third-order valence-electron chi connectivity index (χ3n) is 3.25. The Kier molecular flexibility index (Phi) is 7.23. The molecule has 0 unspecified atom stereocenters. The van der Waals surface area contributed by atoms with E-state index < -0.39 is 0 Å². The number of methoxy groups -OCH3 is 2. The maximum absolute atomic E-state index is 13.7. The van der Waals surface area contributed by atoms with Gasteiger partial charge in [0.25, 0.3) is 0 Å². The second kappa shape index (κ2) is 9.17. The van der Waals surface area contributed by atoms with Crippen LogP contribution in [0, 0.1) is 5.82 Å². The number of ether oxygens (including phenoxy) is 2. The lowest BCUT2D eigenvalue weighted by molar-refractivity contribution is -0.113. The van der Waals surface area contributed by atoms with Gasteiger partial charge in [-0.2, -0.15) is 0 Å². The highest BCUT2D eigenvalue weighted by molar-refractivity contribution is 7.99. The summed E-state index contributed by atoms with van der Waals surface area (Å²) >= 11 is 13.0. The molecule has 2 aromatic rings. The van der Waals surface area contributed by atoms with Crippen molar-refractivity contribution in [1.82, 2.24) is 0 Å². The smallest absolute Gasteiger partial charge is 0.234 e. The number of carbonyl (C=O) groups excluding carboxylic acids is 1. The highest BCUT2D eigenvalue weighted by Gasteiger charge is 2.13. The number of rotatable bonds is 7. The van der Waals surface area contributed by atoms with Crippen molar-refractivity contribution in [3.05, 3.63) is 51.8 Å². The Morgan fingerprint density at radius 2 is 1.88 bits per heavy atom. The molecular weight excluding hydrogens is 388 g/mol. The van der Waals surface area contributed by atoms with Crippen LogP contribution < -0.4 is 14.8 Å². The molecule has 1 amide bonds. The lowest BCUT2D eigenvalue weighted by Gasteiger charge is -2.13. The summed E-state index contributed by atoms with van der Waals surface area (Å²) in [5.41, 5.74) is 0.944. The van der Waals surface area contributed by atoms with Crippen LogP contribution in [-0.2, 0) is 10.5 Å². The van der Waals surface area contributed by atoms with Crippen molar-refractivity contribution < 1.29 is 18.7 Å². The molecule has 8 heteroatoms. The minimum Gasteiger partial charge on any atom is -0.495 e. The van der Waals surface area contributed by atoms with Crippen molar-refractivity contribution in [2.24, 2.45) is 0 Å². The van der Waals surface area contributed by atoms with Gasteiger partial charge < -0.3 is 14.8 Å². The zero-order valence-corrected chi connectivity index (χ0v) is 15.9. The Morgan fingerprint density at radius 3 is 2.52 bits per heavy atom. The Labute approximate surface area is 159 Å². The molecule has 0 aliphatic carbocycles. The molecule has 1 N–H and O–H groups in total. The van der Waals surface area contributed by atoms with Crippen LogP contribution in [0.3, 0.4) is 0 Å². The van der Waals surface area contributed by atoms with Crippen LogP contribution in [0.15, 0.2) is 30.3 Å². The van der Waals surface area contributed by atoms with E-state index in [-0.39, 0.29) is 17.5 Å². The topological polar surface area (TPSA) is 47.6 Å². The fourth-order valence-electron chi connectivity index (χ4n) is 2.04. The Bertz CT molecular complexity index is 774. The van der Waals surface area contributed by atoms with Crippen molar-refractivity contribution in [2.75, 3.05) is 25.3 Å². The third kappa shape index (κ3) is 5.42. The predicted molar refractivity (Wildman–Crippen MR) is 101 cm³/mol. The number of carbonyl (C=O) groups is 1. The first-order valence-electron chi connectivity index (χ1n) is 7.17. The van der Waals surface area contributed by atoms with Crippen LogP contribution in [0.4, 0.5) is 10.1 Å². The molecule has 0 saturated heterocycles. The van der Waals surface area contributed by atoms with E-state index in [1.54, 1.807) is 24.3 Å². The van der Waals surface area contributed by atoms with E-state index in [4.69, 9.17) is 32.7 Å². The third-order valence-corrected chi connectivity index (χ3v) is 4.77. The summed E-state index contributed by atoms with van der Waals surface area (Å²) in [7, 11) is 2.96. The highest BCUT2D eigenvalue weighted by Crippen LogP contribution is 2.36. The average Bonchev–Trinajstić information content (AvgIpc) is 2.58. The quantitative estimate of drug-likeness (QED) is 0.704. The minimum absolute atomic E-state index is 0.149. The number of nitrogens with one attached hydrogen (secondary N) is 1. The molecule has 0 bridgehead atoms. The van der Waals surface area contributed by atoms with Gasteiger partial charge >= 0.3 is 0 Å². The van der Waals surface area contributed by atoms with E-state index in [1.165, 1.54) is 32.0 Å². The molecule has 0 aliphatic rings. The van der Waals surface area contributed by atoms with Gasteiger partial charge in [-0.25, -0.2) is 4.39 Å². The summed E-state index contributed by atoms with van der Waals surface area (Å²) < 4.78 is 24.0. The molecule has 0 fully saturated rings. The van der Waals surface area contributed by atoms with Crippen molar-refractivity contribution in [3.8, 4) is 11.5 Å². The Balaban J connectivity index is 1.96. The lowest BCUT2D eigenvalue weighted by atomic mass is 10.2. The molecule has 25 heavy (non-hydrogen) atoms. The number of amides is 1. The number of hydrogen-bond acceptors (Lipinski definition) is 4. The molecule has 134 valence electrons. The molecule has 0 aliphatic heterocycles. The van der Waals surface area contributed by atoms with Gasteiger partial charge in [0.05, 0.1) is 30.7 Å². The summed E-state index contributed by atoms with van der Waals surface area (Å²) in [6.45, 7) is 0. The van der Waals surface area contributed by atoms with E-state index in [0.29, 0.717) is 38.5 Å². The lowest BCUT2D eigenvalue weighted by Crippen LogP contribution is -2.15. The minimum atomic E-state index is -0.385. The Hall–Kier alpha value is -1.63. The highest BCUT2D eigenvalue weighted by atomic mass is 35.5. The van der Waals surface area contributed by atoms with E-state index in [9.17, 15) is 9.18 Å². The molecule has 4 nitrogen and oxygen atoms in total. The largest absolute Gasteiger partial charge is 0.495 e. The average molecular weight is 404 g/mol. The van der Waals surface area contributed by atoms with Gasteiger partial charge in [-0.15, -0.1) is 11.8 Å². The normalized spacial score (nSPS) is 10.4. The van der Waals surface area contributed by atoms with Crippen molar-refractivity contribution in [3.63, 3.8) is 0 Å². The molecule has 0 heterocycles. The summed E-state index contributed by atoms with van der Waals surface area (Å²) in [5, 5.41) is 3.46. The van der Waals surface area contributed by atoms with Gasteiger partial charge in [0.15, 0.2) is 0 Å². The summed E-state index contributed by atoms with van der Waals surface area (Å²) in [4.78, 5) is 12.1. The van der Waals surface area contributed by atoms with E-state index in [1.807, 2.05) is 0 Å². The molecule has 2 aromatic carbocycles. The fraction of sp³-hybridized carbons (Fsp3) is 0.235. The zero-order chi connectivity index (χ0) is 18.4. The summed E-state index contributed by atoms with van der Waals surface area (Å²) in [6, 6.07) is 7.62. The molecule has 0 saturated carbocycles. The van der Waals surface area contributed by atoms with E-state index >= 15 is 0 Å². The van der Waals surface area contributed by atoms with Gasteiger partial charge in [-0.3, -0.25) is 4.79 Å².